The molecular formula is C14H21FIN3O2S. The molecule has 1 aromatic carbocycles. The van der Waals surface area contributed by atoms with Crippen LogP contribution in [0.2, 0.25) is 0 Å². The molecule has 0 aliphatic carbocycles. The first kappa shape index (κ1) is 19.1. The maximum atomic E-state index is 12.8. The van der Waals surface area contributed by atoms with E-state index < -0.39 is 15.7 Å². The maximum Gasteiger partial charge on any atom is 0.191 e. The number of halogens is 2. The van der Waals surface area contributed by atoms with Crippen molar-refractivity contribution in [2.75, 3.05) is 25.4 Å². The van der Waals surface area contributed by atoms with Gasteiger partial charge >= 0.3 is 0 Å². The van der Waals surface area contributed by atoms with Crippen molar-refractivity contribution < 1.29 is 12.8 Å². The normalized spacial score (nSPS) is 16.2. The van der Waals surface area contributed by atoms with Gasteiger partial charge in [-0.25, -0.2) is 12.8 Å². The van der Waals surface area contributed by atoms with Gasteiger partial charge in [-0.05, 0) is 43.5 Å². The highest BCUT2D eigenvalue weighted by Crippen LogP contribution is 2.12. The largest absolute Gasteiger partial charge is 0.370 e. The summed E-state index contributed by atoms with van der Waals surface area (Å²) in [6.45, 7) is 1.86. The Kier molecular flexibility index (Phi) is 7.54. The monoisotopic (exact) mass is 441 g/mol. The van der Waals surface area contributed by atoms with Crippen molar-refractivity contribution >= 4 is 39.8 Å². The van der Waals surface area contributed by atoms with Crippen molar-refractivity contribution in [3.8, 4) is 0 Å². The van der Waals surface area contributed by atoms with E-state index in [4.69, 9.17) is 5.73 Å². The molecule has 0 spiro atoms. The molecule has 1 aliphatic rings. The Labute approximate surface area is 147 Å². The maximum absolute atomic E-state index is 12.8. The van der Waals surface area contributed by atoms with Gasteiger partial charge in [-0.2, -0.15) is 0 Å². The van der Waals surface area contributed by atoms with Gasteiger partial charge in [-0.1, -0.05) is 0 Å². The Hall–Kier alpha value is -0.900. The van der Waals surface area contributed by atoms with Gasteiger partial charge in [0.15, 0.2) is 15.8 Å². The zero-order chi connectivity index (χ0) is 15.3. The minimum absolute atomic E-state index is 0. The number of aliphatic imine (C=N–C) groups is 1. The summed E-state index contributed by atoms with van der Waals surface area (Å²) in [5.74, 6) is -0.182. The molecule has 1 aliphatic heterocycles. The molecule has 1 heterocycles. The highest BCUT2D eigenvalue weighted by atomic mass is 127. The van der Waals surface area contributed by atoms with Crippen LogP contribution in [-0.4, -0.2) is 44.7 Å². The minimum atomic E-state index is -3.45. The first-order valence-corrected chi connectivity index (χ1v) is 8.67. The Balaban J connectivity index is 0.00000242. The number of piperidine rings is 1. The number of nitrogens with zero attached hydrogens (tertiary/aromatic N) is 2. The molecule has 2 N–H and O–H groups in total. The summed E-state index contributed by atoms with van der Waals surface area (Å²) in [6, 6.07) is 4.81. The van der Waals surface area contributed by atoms with Gasteiger partial charge in [0.25, 0.3) is 0 Å². The summed E-state index contributed by atoms with van der Waals surface area (Å²) in [4.78, 5) is 6.23. The molecule has 2 rings (SSSR count). The van der Waals surface area contributed by atoms with Crippen LogP contribution in [0, 0.1) is 5.82 Å². The van der Waals surface area contributed by atoms with Crippen molar-refractivity contribution in [3.05, 3.63) is 30.1 Å². The fourth-order valence-electron chi connectivity index (χ4n) is 2.26. The zero-order valence-electron chi connectivity index (χ0n) is 12.2. The Morgan fingerprint density at radius 2 is 1.77 bits per heavy atom. The van der Waals surface area contributed by atoms with E-state index in [1.807, 2.05) is 4.90 Å². The van der Waals surface area contributed by atoms with Crippen molar-refractivity contribution in [3.63, 3.8) is 0 Å². The van der Waals surface area contributed by atoms with Crippen molar-refractivity contribution in [2.45, 2.75) is 24.2 Å². The summed E-state index contributed by atoms with van der Waals surface area (Å²) >= 11 is 0. The number of benzene rings is 1. The molecule has 0 aromatic heterocycles. The van der Waals surface area contributed by atoms with Gasteiger partial charge in [-0.15, -0.1) is 24.0 Å². The van der Waals surface area contributed by atoms with Crippen molar-refractivity contribution in [1.29, 1.82) is 0 Å². The number of rotatable bonds is 4. The fraction of sp³-hybridized carbons (Fsp3) is 0.500. The second kappa shape index (κ2) is 8.66. The molecule has 0 amide bonds. The number of likely N-dealkylation sites (tertiary alicyclic amines) is 1. The summed E-state index contributed by atoms with van der Waals surface area (Å²) in [5, 5.41) is 0. The van der Waals surface area contributed by atoms with Crippen molar-refractivity contribution in [1.82, 2.24) is 4.90 Å². The second-order valence-electron chi connectivity index (χ2n) is 5.06. The van der Waals surface area contributed by atoms with E-state index in [1.165, 1.54) is 18.6 Å². The number of sulfone groups is 1. The molecule has 0 saturated carbocycles. The van der Waals surface area contributed by atoms with Crippen LogP contribution >= 0.6 is 24.0 Å². The number of hydrogen-bond donors (Lipinski definition) is 1. The number of nitrogens with two attached hydrogens (primary N) is 1. The van der Waals surface area contributed by atoms with Gasteiger partial charge in [0, 0.05) is 13.1 Å². The first-order valence-electron chi connectivity index (χ1n) is 7.02. The van der Waals surface area contributed by atoms with E-state index in [-0.39, 0.29) is 41.2 Å². The topological polar surface area (TPSA) is 75.8 Å². The van der Waals surface area contributed by atoms with Gasteiger partial charge in [0.1, 0.15) is 5.82 Å². The SMILES string of the molecule is I.NC(=NCCS(=O)(=O)c1ccc(F)cc1)N1CCCCC1. The lowest BCUT2D eigenvalue weighted by molar-refractivity contribution is 0.338. The Bertz CT molecular complexity index is 599. The molecule has 5 nitrogen and oxygen atoms in total. The summed E-state index contributed by atoms with van der Waals surface area (Å²) in [6.07, 6.45) is 3.37. The van der Waals surface area contributed by atoms with Crippen LogP contribution in [-0.2, 0) is 9.84 Å². The molecule has 0 radical (unpaired) electrons. The third kappa shape index (κ3) is 5.38. The number of hydrogen-bond acceptors (Lipinski definition) is 3. The molecule has 1 fully saturated rings. The minimum Gasteiger partial charge on any atom is -0.370 e. The highest BCUT2D eigenvalue weighted by molar-refractivity contribution is 14.0. The smallest absolute Gasteiger partial charge is 0.191 e. The summed E-state index contributed by atoms with van der Waals surface area (Å²) in [5.41, 5.74) is 5.87. The second-order valence-corrected chi connectivity index (χ2v) is 7.17. The molecule has 1 aromatic rings. The first-order chi connectivity index (χ1) is 9.99. The van der Waals surface area contributed by atoms with Gasteiger partial charge in [0.2, 0.25) is 0 Å². The third-order valence-corrected chi connectivity index (χ3v) is 5.20. The molecule has 8 heteroatoms. The van der Waals surface area contributed by atoms with E-state index in [2.05, 4.69) is 4.99 Å². The molecule has 0 atom stereocenters. The van der Waals surface area contributed by atoms with Gasteiger partial charge in [0.05, 0.1) is 17.2 Å². The van der Waals surface area contributed by atoms with E-state index >= 15 is 0 Å². The highest BCUT2D eigenvalue weighted by Gasteiger charge is 2.15. The quantitative estimate of drug-likeness (QED) is 0.336. The lowest BCUT2D eigenvalue weighted by Gasteiger charge is -2.27. The standard InChI is InChI=1S/C14H20FN3O2S.HI/c15-12-4-6-13(7-5-12)21(19,20)11-8-17-14(16)18-9-2-1-3-10-18;/h4-7H,1-3,8-11H2,(H2,16,17);1H. The predicted octanol–water partition coefficient (Wildman–Crippen LogP) is 2.02. The lowest BCUT2D eigenvalue weighted by atomic mass is 10.1. The van der Waals surface area contributed by atoms with Crippen LogP contribution < -0.4 is 5.73 Å². The number of guanidine groups is 1. The van der Waals surface area contributed by atoms with Gasteiger partial charge in [-0.3, -0.25) is 4.99 Å². The van der Waals surface area contributed by atoms with Crippen LogP contribution in [0.15, 0.2) is 34.2 Å². The molecule has 1 saturated heterocycles. The van der Waals surface area contributed by atoms with E-state index in [0.717, 1.165) is 38.1 Å². The predicted molar refractivity (Wildman–Crippen MR) is 95.8 cm³/mol. The summed E-state index contributed by atoms with van der Waals surface area (Å²) < 4.78 is 36.9. The van der Waals surface area contributed by atoms with Gasteiger partial charge < -0.3 is 10.6 Å². The molecule has 0 bridgehead atoms. The van der Waals surface area contributed by atoms with Crippen molar-refractivity contribution in [2.24, 2.45) is 10.7 Å². The van der Waals surface area contributed by atoms with E-state index in [1.54, 1.807) is 0 Å². The summed E-state index contributed by atoms with van der Waals surface area (Å²) in [7, 11) is -3.45. The van der Waals surface area contributed by atoms with Crippen LogP contribution in [0.1, 0.15) is 19.3 Å². The molecule has 0 unspecified atom stereocenters. The molecular weight excluding hydrogens is 420 g/mol. The van der Waals surface area contributed by atoms with Crippen LogP contribution in [0.3, 0.4) is 0 Å². The molecule has 22 heavy (non-hydrogen) atoms. The fourth-order valence-corrected chi connectivity index (χ4v) is 3.38. The van der Waals surface area contributed by atoms with Crippen LogP contribution in [0.4, 0.5) is 4.39 Å². The van der Waals surface area contributed by atoms with Crippen LogP contribution in [0.5, 0.6) is 0 Å². The third-order valence-electron chi connectivity index (χ3n) is 3.49. The zero-order valence-corrected chi connectivity index (χ0v) is 15.4. The average molecular weight is 441 g/mol. The Morgan fingerprint density at radius 3 is 2.36 bits per heavy atom. The average Bonchev–Trinajstić information content (AvgIpc) is 2.48. The lowest BCUT2D eigenvalue weighted by Crippen LogP contribution is -2.41. The van der Waals surface area contributed by atoms with E-state index in [0.29, 0.717) is 5.96 Å². The Morgan fingerprint density at radius 1 is 1.18 bits per heavy atom. The van der Waals surface area contributed by atoms with E-state index in [9.17, 15) is 12.8 Å². The molecule has 124 valence electrons. The van der Waals surface area contributed by atoms with Crippen LogP contribution in [0.25, 0.3) is 0 Å².